The zero-order chi connectivity index (χ0) is 19.8. The van der Waals surface area contributed by atoms with Gasteiger partial charge in [0.05, 0.1) is 10.9 Å². The molecule has 0 saturated carbocycles. The van der Waals surface area contributed by atoms with Gasteiger partial charge in [-0.05, 0) is 36.4 Å². The summed E-state index contributed by atoms with van der Waals surface area (Å²) in [6.45, 7) is 0. The average Bonchev–Trinajstić information content (AvgIpc) is 2.74. The van der Waals surface area contributed by atoms with Gasteiger partial charge in [0.15, 0.2) is 12.1 Å². The van der Waals surface area contributed by atoms with E-state index in [9.17, 15) is 4.79 Å². The highest BCUT2D eigenvalue weighted by atomic mass is 16.5. The number of ether oxygens (including phenoxy) is 1. The summed E-state index contributed by atoms with van der Waals surface area (Å²) in [5, 5.41) is 3.42. The number of fused-ring (bicyclic) bond motifs is 3. The molecular weight excluding hydrogens is 366 g/mol. The molecule has 0 unspecified atom stereocenters. The first-order chi connectivity index (χ1) is 14.2. The second-order valence-electron chi connectivity index (χ2n) is 6.63. The summed E-state index contributed by atoms with van der Waals surface area (Å²) in [5.74, 6) is 1.99. The quantitative estimate of drug-likeness (QED) is 0.565. The van der Waals surface area contributed by atoms with Gasteiger partial charge in [0.25, 0.3) is 5.56 Å². The summed E-state index contributed by atoms with van der Waals surface area (Å²) < 4.78 is 7.83. The van der Waals surface area contributed by atoms with Crippen LogP contribution in [0, 0.1) is 0 Å². The van der Waals surface area contributed by atoms with Gasteiger partial charge < -0.3 is 10.5 Å². The van der Waals surface area contributed by atoms with Crippen LogP contribution in [0.15, 0.2) is 88.6 Å². The molecule has 0 amide bonds. The van der Waals surface area contributed by atoms with Crippen LogP contribution in [0.3, 0.4) is 0 Å². The van der Waals surface area contributed by atoms with E-state index in [1.165, 1.54) is 0 Å². The molecule has 0 radical (unpaired) electrons. The lowest BCUT2D eigenvalue weighted by atomic mass is 10.1. The molecule has 29 heavy (non-hydrogen) atoms. The van der Waals surface area contributed by atoms with Gasteiger partial charge in [0, 0.05) is 5.56 Å². The van der Waals surface area contributed by atoms with Crippen LogP contribution in [0.4, 0.5) is 5.95 Å². The third-order valence-electron chi connectivity index (χ3n) is 4.71. The van der Waals surface area contributed by atoms with E-state index in [4.69, 9.17) is 10.5 Å². The third-order valence-corrected chi connectivity index (χ3v) is 4.71. The average molecular weight is 383 g/mol. The molecule has 4 aromatic rings. The summed E-state index contributed by atoms with van der Waals surface area (Å²) in [5.41, 5.74) is 7.26. The molecule has 1 aliphatic rings. The predicted octanol–water partition coefficient (Wildman–Crippen LogP) is 3.48. The first-order valence-corrected chi connectivity index (χ1v) is 9.13. The van der Waals surface area contributed by atoms with E-state index in [1.54, 1.807) is 6.07 Å². The molecule has 0 aliphatic carbocycles. The highest BCUT2D eigenvalue weighted by Gasteiger charge is 2.24. The van der Waals surface area contributed by atoms with Crippen LogP contribution in [0.2, 0.25) is 0 Å². The van der Waals surface area contributed by atoms with Crippen molar-refractivity contribution in [3.05, 3.63) is 94.8 Å². The standard InChI is InChI=1S/C22H17N5O2/c23-21-24-19(14-7-6-10-16(13-14)29-15-8-2-1-3-9-15)27-18-12-5-4-11-17(18)20(28)25-22(27)26-21/h1-13,19H,(H3,23,24,25,26,28)/t19-/m0/s1. The number of benzene rings is 3. The molecule has 0 fully saturated rings. The Balaban J connectivity index is 1.64. The smallest absolute Gasteiger partial charge is 0.282 e. The Bertz CT molecular complexity index is 1300. The fraction of sp³-hybridized carbons (Fsp3) is 0.0455. The van der Waals surface area contributed by atoms with Crippen LogP contribution in [0.1, 0.15) is 11.7 Å². The van der Waals surface area contributed by atoms with Gasteiger partial charge in [-0.1, -0.05) is 42.5 Å². The number of nitrogens with two attached hydrogens (primary N) is 1. The van der Waals surface area contributed by atoms with Gasteiger partial charge in [-0.15, -0.1) is 0 Å². The van der Waals surface area contributed by atoms with Crippen molar-refractivity contribution in [1.29, 1.82) is 0 Å². The van der Waals surface area contributed by atoms with Crippen molar-refractivity contribution in [2.75, 3.05) is 5.32 Å². The number of nitrogens with one attached hydrogen (secondary N) is 1. The second kappa shape index (κ2) is 6.79. The van der Waals surface area contributed by atoms with Crippen LogP contribution < -0.4 is 21.3 Å². The normalized spacial score (nSPS) is 15.3. The number of guanidine groups is 1. The van der Waals surface area contributed by atoms with E-state index in [1.807, 2.05) is 77.4 Å². The molecule has 5 rings (SSSR count). The zero-order valence-electron chi connectivity index (χ0n) is 15.3. The SMILES string of the molecule is NC1=N[C@H](c2cccc(Oc3ccccc3)c2)n2c(nc(=O)c3ccccc32)N1. The van der Waals surface area contributed by atoms with E-state index in [-0.39, 0.29) is 11.5 Å². The maximum Gasteiger partial charge on any atom is 0.282 e. The van der Waals surface area contributed by atoms with Crippen LogP contribution in [0.25, 0.3) is 10.9 Å². The van der Waals surface area contributed by atoms with E-state index in [0.717, 1.165) is 16.8 Å². The van der Waals surface area contributed by atoms with Gasteiger partial charge in [-0.2, -0.15) is 4.98 Å². The van der Waals surface area contributed by atoms with Crippen molar-refractivity contribution in [2.24, 2.45) is 10.7 Å². The first-order valence-electron chi connectivity index (χ1n) is 9.13. The molecule has 1 aliphatic heterocycles. The predicted molar refractivity (Wildman–Crippen MR) is 112 cm³/mol. The summed E-state index contributed by atoms with van der Waals surface area (Å²) in [6.07, 6.45) is -0.483. The van der Waals surface area contributed by atoms with Crippen molar-refractivity contribution >= 4 is 22.8 Å². The fourth-order valence-electron chi connectivity index (χ4n) is 3.45. The molecule has 1 atom stereocenters. The van der Waals surface area contributed by atoms with Crippen LogP contribution in [-0.4, -0.2) is 15.5 Å². The van der Waals surface area contributed by atoms with Crippen LogP contribution in [0.5, 0.6) is 11.5 Å². The van der Waals surface area contributed by atoms with Gasteiger partial charge in [0.2, 0.25) is 5.95 Å². The minimum atomic E-state index is -0.483. The van der Waals surface area contributed by atoms with E-state index in [0.29, 0.717) is 17.1 Å². The van der Waals surface area contributed by atoms with Gasteiger partial charge in [-0.3, -0.25) is 14.7 Å². The lowest BCUT2D eigenvalue weighted by Crippen LogP contribution is -2.34. The van der Waals surface area contributed by atoms with Crippen molar-refractivity contribution in [2.45, 2.75) is 6.17 Å². The molecule has 0 saturated heterocycles. The monoisotopic (exact) mass is 383 g/mol. The lowest BCUT2D eigenvalue weighted by molar-refractivity contribution is 0.480. The van der Waals surface area contributed by atoms with Crippen molar-refractivity contribution in [1.82, 2.24) is 9.55 Å². The molecule has 142 valence electrons. The highest BCUT2D eigenvalue weighted by molar-refractivity contribution is 5.93. The highest BCUT2D eigenvalue weighted by Crippen LogP contribution is 2.32. The maximum atomic E-state index is 12.4. The topological polar surface area (TPSA) is 94.5 Å². The molecule has 0 bridgehead atoms. The lowest BCUT2D eigenvalue weighted by Gasteiger charge is -2.27. The Morgan fingerprint density at radius 2 is 1.69 bits per heavy atom. The number of para-hydroxylation sites is 2. The molecule has 3 N–H and O–H groups in total. The van der Waals surface area contributed by atoms with Crippen molar-refractivity contribution in [3.8, 4) is 11.5 Å². The first kappa shape index (κ1) is 17.0. The second-order valence-corrected chi connectivity index (χ2v) is 6.63. The Kier molecular flexibility index (Phi) is 3.98. The van der Waals surface area contributed by atoms with E-state index in [2.05, 4.69) is 15.3 Å². The summed E-state index contributed by atoms with van der Waals surface area (Å²) in [4.78, 5) is 21.1. The van der Waals surface area contributed by atoms with Crippen LogP contribution in [-0.2, 0) is 0 Å². The van der Waals surface area contributed by atoms with Crippen LogP contribution >= 0.6 is 0 Å². The minimum Gasteiger partial charge on any atom is -0.457 e. The molecule has 3 aromatic carbocycles. The Labute approximate surface area is 166 Å². The number of anilines is 1. The molecule has 1 aromatic heterocycles. The zero-order valence-corrected chi connectivity index (χ0v) is 15.3. The van der Waals surface area contributed by atoms with E-state index >= 15 is 0 Å². The van der Waals surface area contributed by atoms with Crippen molar-refractivity contribution in [3.63, 3.8) is 0 Å². The minimum absolute atomic E-state index is 0.201. The summed E-state index contributed by atoms with van der Waals surface area (Å²) in [6, 6.07) is 24.5. The molecule has 7 heteroatoms. The number of rotatable bonds is 3. The molecular formula is C22H17N5O2. The van der Waals surface area contributed by atoms with E-state index < -0.39 is 6.17 Å². The number of nitrogens with zero attached hydrogens (tertiary/aromatic N) is 3. The summed E-state index contributed by atoms with van der Waals surface area (Å²) in [7, 11) is 0. The van der Waals surface area contributed by atoms with Crippen molar-refractivity contribution < 1.29 is 4.74 Å². The molecule has 2 heterocycles. The Morgan fingerprint density at radius 3 is 2.55 bits per heavy atom. The maximum absolute atomic E-state index is 12.4. The number of hydrogen-bond donors (Lipinski definition) is 2. The summed E-state index contributed by atoms with van der Waals surface area (Å²) >= 11 is 0. The fourth-order valence-corrected chi connectivity index (χ4v) is 3.45. The number of hydrogen-bond acceptors (Lipinski definition) is 6. The largest absolute Gasteiger partial charge is 0.457 e. The van der Waals surface area contributed by atoms with Gasteiger partial charge in [-0.25, -0.2) is 4.99 Å². The Morgan fingerprint density at radius 1 is 0.931 bits per heavy atom. The number of aliphatic imine (C=N–C) groups is 1. The molecule has 0 spiro atoms. The molecule has 7 nitrogen and oxygen atoms in total. The number of aromatic nitrogens is 2. The van der Waals surface area contributed by atoms with Gasteiger partial charge in [0.1, 0.15) is 11.5 Å². The third kappa shape index (κ3) is 3.08. The Hall–Kier alpha value is -4.13. The van der Waals surface area contributed by atoms with Gasteiger partial charge >= 0.3 is 0 Å².